The molecule has 0 spiro atoms. The van der Waals surface area contributed by atoms with Crippen molar-refractivity contribution >= 4 is 11.9 Å². The van der Waals surface area contributed by atoms with E-state index in [1.54, 1.807) is 19.1 Å². The fourth-order valence-corrected chi connectivity index (χ4v) is 4.83. The SMILES string of the molecule is CCCN(C)C(=O)CN1CC(c2ccc3c(c2)OCO3)[C@H](C(=O)O)[C@H]1c1ccc(OC)cc1. The van der Waals surface area contributed by atoms with Gasteiger partial charge in [0.05, 0.1) is 19.6 Å². The minimum absolute atomic E-state index is 0.0224. The Labute approximate surface area is 193 Å². The summed E-state index contributed by atoms with van der Waals surface area (Å²) in [6.45, 7) is 3.44. The van der Waals surface area contributed by atoms with Crippen LogP contribution in [-0.4, -0.2) is 67.4 Å². The number of methoxy groups -OCH3 is 1. The molecule has 4 rings (SSSR count). The van der Waals surface area contributed by atoms with E-state index in [0.717, 1.165) is 17.5 Å². The number of likely N-dealkylation sites (tertiary alicyclic amines) is 1. The number of rotatable bonds is 8. The topological polar surface area (TPSA) is 88.5 Å². The number of hydrogen-bond donors (Lipinski definition) is 1. The molecule has 0 saturated carbocycles. The van der Waals surface area contributed by atoms with Gasteiger partial charge in [0, 0.05) is 32.1 Å². The molecule has 1 N–H and O–H groups in total. The molecule has 3 atom stereocenters. The number of carboxylic acid groups (broad SMARTS) is 1. The van der Waals surface area contributed by atoms with Gasteiger partial charge in [-0.25, -0.2) is 0 Å². The Hall–Kier alpha value is -3.26. The highest BCUT2D eigenvalue weighted by atomic mass is 16.7. The summed E-state index contributed by atoms with van der Waals surface area (Å²) in [6, 6.07) is 12.5. The van der Waals surface area contributed by atoms with Crippen molar-refractivity contribution in [3.05, 3.63) is 53.6 Å². The van der Waals surface area contributed by atoms with Gasteiger partial charge >= 0.3 is 5.97 Å². The van der Waals surface area contributed by atoms with Crippen molar-refractivity contribution in [3.63, 3.8) is 0 Å². The lowest BCUT2D eigenvalue weighted by molar-refractivity contribution is -0.143. The molecule has 2 aromatic rings. The van der Waals surface area contributed by atoms with Gasteiger partial charge in [0.25, 0.3) is 0 Å². The number of carbonyl (C=O) groups excluding carboxylic acids is 1. The van der Waals surface area contributed by atoms with Crippen LogP contribution < -0.4 is 14.2 Å². The Kier molecular flexibility index (Phi) is 6.74. The molecule has 176 valence electrons. The minimum Gasteiger partial charge on any atom is -0.497 e. The second-order valence-electron chi connectivity index (χ2n) is 8.55. The van der Waals surface area contributed by atoms with Crippen LogP contribution in [-0.2, 0) is 9.59 Å². The highest BCUT2D eigenvalue weighted by molar-refractivity contribution is 5.79. The number of likely N-dealkylation sites (N-methyl/N-ethyl adjacent to an activating group) is 1. The lowest BCUT2D eigenvalue weighted by atomic mass is 9.82. The lowest BCUT2D eigenvalue weighted by Gasteiger charge is -2.28. The van der Waals surface area contributed by atoms with Crippen LogP contribution in [0.1, 0.15) is 36.4 Å². The molecule has 2 aliphatic heterocycles. The first-order valence-corrected chi connectivity index (χ1v) is 11.2. The van der Waals surface area contributed by atoms with Crippen LogP contribution in [0.3, 0.4) is 0 Å². The van der Waals surface area contributed by atoms with Crippen LogP contribution in [0.4, 0.5) is 0 Å². The van der Waals surface area contributed by atoms with Gasteiger partial charge in [-0.3, -0.25) is 14.5 Å². The van der Waals surface area contributed by atoms with Crippen molar-refractivity contribution in [2.75, 3.05) is 40.6 Å². The second-order valence-corrected chi connectivity index (χ2v) is 8.55. The van der Waals surface area contributed by atoms with Gasteiger partial charge in [-0.1, -0.05) is 25.1 Å². The Balaban J connectivity index is 1.71. The molecule has 8 heteroatoms. The fourth-order valence-electron chi connectivity index (χ4n) is 4.83. The molecule has 2 aliphatic rings. The summed E-state index contributed by atoms with van der Waals surface area (Å²) in [6.07, 6.45) is 0.863. The molecular weight excluding hydrogens is 424 g/mol. The van der Waals surface area contributed by atoms with E-state index < -0.39 is 17.9 Å². The first-order chi connectivity index (χ1) is 15.9. The molecule has 2 aromatic carbocycles. The third-order valence-electron chi connectivity index (χ3n) is 6.49. The van der Waals surface area contributed by atoms with E-state index in [-0.39, 0.29) is 25.2 Å². The third-order valence-corrected chi connectivity index (χ3v) is 6.49. The summed E-state index contributed by atoms with van der Waals surface area (Å²) in [7, 11) is 3.38. The molecule has 2 heterocycles. The Morgan fingerprint density at radius 2 is 1.82 bits per heavy atom. The summed E-state index contributed by atoms with van der Waals surface area (Å²) >= 11 is 0. The van der Waals surface area contributed by atoms with Gasteiger partial charge < -0.3 is 24.2 Å². The van der Waals surface area contributed by atoms with Gasteiger partial charge in [-0.05, 0) is 41.8 Å². The van der Waals surface area contributed by atoms with Gasteiger partial charge in [0.2, 0.25) is 12.7 Å². The molecule has 8 nitrogen and oxygen atoms in total. The molecule has 1 fully saturated rings. The van der Waals surface area contributed by atoms with Gasteiger partial charge in [0.15, 0.2) is 11.5 Å². The summed E-state index contributed by atoms with van der Waals surface area (Å²) in [5.74, 6) is 0.0113. The fraction of sp³-hybridized carbons (Fsp3) is 0.440. The van der Waals surface area contributed by atoms with Crippen LogP contribution in [0.5, 0.6) is 17.2 Å². The predicted octanol–water partition coefficient (Wildman–Crippen LogP) is 3.13. The van der Waals surface area contributed by atoms with Crippen LogP contribution in [0.25, 0.3) is 0 Å². The molecule has 1 unspecified atom stereocenters. The van der Waals surface area contributed by atoms with E-state index in [1.807, 2.05) is 54.3 Å². The second kappa shape index (κ2) is 9.70. The Morgan fingerprint density at radius 3 is 2.48 bits per heavy atom. The zero-order valence-corrected chi connectivity index (χ0v) is 19.2. The third kappa shape index (κ3) is 4.61. The van der Waals surface area contributed by atoms with E-state index >= 15 is 0 Å². The van der Waals surface area contributed by atoms with Crippen molar-refractivity contribution in [2.45, 2.75) is 25.3 Å². The standard InChI is InChI=1S/C25H30N2O6/c1-4-11-26(2)22(28)14-27-13-19(17-7-10-20-21(12-17)33-15-32-20)23(25(29)30)24(27)16-5-8-18(31-3)9-6-16/h5-10,12,19,23-24H,4,11,13-15H2,1-3H3,(H,29,30)/t19?,23-,24+/m0/s1. The number of carboxylic acids is 1. The molecule has 0 bridgehead atoms. The van der Waals surface area contributed by atoms with E-state index in [4.69, 9.17) is 14.2 Å². The van der Waals surface area contributed by atoms with Crippen molar-refractivity contribution in [3.8, 4) is 17.2 Å². The summed E-state index contributed by atoms with van der Waals surface area (Å²) in [4.78, 5) is 29.2. The number of fused-ring (bicyclic) bond motifs is 1. The Bertz CT molecular complexity index is 1010. The van der Waals surface area contributed by atoms with Crippen LogP contribution in [0.15, 0.2) is 42.5 Å². The van der Waals surface area contributed by atoms with Crippen LogP contribution in [0, 0.1) is 5.92 Å². The van der Waals surface area contributed by atoms with Gasteiger partial charge in [0.1, 0.15) is 5.75 Å². The average Bonchev–Trinajstić information content (AvgIpc) is 3.43. The maximum absolute atomic E-state index is 12.9. The number of aliphatic carboxylic acids is 1. The van der Waals surface area contributed by atoms with Crippen molar-refractivity contribution in [1.29, 1.82) is 0 Å². The first-order valence-electron chi connectivity index (χ1n) is 11.2. The van der Waals surface area contributed by atoms with E-state index in [1.165, 1.54) is 0 Å². The number of ether oxygens (including phenoxy) is 3. The zero-order valence-electron chi connectivity index (χ0n) is 19.2. The smallest absolute Gasteiger partial charge is 0.309 e. The maximum Gasteiger partial charge on any atom is 0.309 e. The number of benzene rings is 2. The average molecular weight is 455 g/mol. The predicted molar refractivity (Wildman–Crippen MR) is 122 cm³/mol. The van der Waals surface area contributed by atoms with Crippen LogP contribution >= 0.6 is 0 Å². The van der Waals surface area contributed by atoms with Crippen LogP contribution in [0.2, 0.25) is 0 Å². The highest BCUT2D eigenvalue weighted by Crippen LogP contribution is 2.47. The molecule has 0 radical (unpaired) electrons. The summed E-state index contributed by atoms with van der Waals surface area (Å²) in [5, 5.41) is 10.3. The number of carbonyl (C=O) groups is 2. The Morgan fingerprint density at radius 1 is 1.12 bits per heavy atom. The minimum atomic E-state index is -0.893. The van der Waals surface area contributed by atoms with Gasteiger partial charge in [-0.15, -0.1) is 0 Å². The highest BCUT2D eigenvalue weighted by Gasteiger charge is 2.48. The molecular formula is C25H30N2O6. The summed E-state index contributed by atoms with van der Waals surface area (Å²) in [5.41, 5.74) is 1.71. The molecule has 33 heavy (non-hydrogen) atoms. The van der Waals surface area contributed by atoms with Gasteiger partial charge in [-0.2, -0.15) is 0 Å². The summed E-state index contributed by atoms with van der Waals surface area (Å²) < 4.78 is 16.2. The normalized spacial score (nSPS) is 21.7. The number of hydrogen-bond acceptors (Lipinski definition) is 6. The number of amides is 1. The van der Waals surface area contributed by atoms with E-state index in [0.29, 0.717) is 30.3 Å². The van der Waals surface area contributed by atoms with Crippen molar-refractivity contribution in [1.82, 2.24) is 9.80 Å². The first kappa shape index (κ1) is 22.9. The number of nitrogens with zero attached hydrogens (tertiary/aromatic N) is 2. The molecule has 1 saturated heterocycles. The monoisotopic (exact) mass is 454 g/mol. The molecule has 0 aromatic heterocycles. The molecule has 0 aliphatic carbocycles. The van der Waals surface area contributed by atoms with E-state index in [2.05, 4.69) is 0 Å². The van der Waals surface area contributed by atoms with Crippen molar-refractivity contribution in [2.24, 2.45) is 5.92 Å². The molecule has 1 amide bonds. The zero-order chi connectivity index (χ0) is 23.5. The largest absolute Gasteiger partial charge is 0.497 e. The van der Waals surface area contributed by atoms with Crippen molar-refractivity contribution < 1.29 is 28.9 Å². The van der Waals surface area contributed by atoms with E-state index in [9.17, 15) is 14.7 Å². The maximum atomic E-state index is 12.9. The quantitative estimate of drug-likeness (QED) is 0.656. The lowest BCUT2D eigenvalue weighted by Crippen LogP contribution is -2.39.